The molecule has 0 spiro atoms. The zero-order valence-electron chi connectivity index (χ0n) is 12.1. The average molecular weight is 344 g/mol. The van der Waals surface area contributed by atoms with Crippen LogP contribution in [0, 0.1) is 10.1 Å². The molecule has 9 nitrogen and oxygen atoms in total. The summed E-state index contributed by atoms with van der Waals surface area (Å²) in [5.41, 5.74) is -0.589. The van der Waals surface area contributed by atoms with E-state index < -0.39 is 29.4 Å². The molecule has 0 saturated heterocycles. The van der Waals surface area contributed by atoms with Gasteiger partial charge in [-0.05, 0) is 12.5 Å². The van der Waals surface area contributed by atoms with E-state index in [1.54, 1.807) is 0 Å². The van der Waals surface area contributed by atoms with Crippen LogP contribution < -0.4 is 10.6 Å². The van der Waals surface area contributed by atoms with Gasteiger partial charge in [0, 0.05) is 18.7 Å². The number of carbonyl (C=O) groups is 3. The number of benzene rings is 1. The standard InChI is InChI=1S/C13H14ClN3O6/c1-2-5-15-13(20)16-11(18)7-23-12(19)9-6-8(17(21)22)3-4-10(9)14/h3-4,6H,2,5,7H2,1H3,(H2,15,16,18,20). The maximum absolute atomic E-state index is 11.8. The molecule has 0 aliphatic carbocycles. The van der Waals surface area contributed by atoms with Crippen LogP contribution in [-0.2, 0) is 9.53 Å². The summed E-state index contributed by atoms with van der Waals surface area (Å²) in [5, 5.41) is 15.0. The fourth-order valence-electron chi connectivity index (χ4n) is 1.44. The van der Waals surface area contributed by atoms with Gasteiger partial charge in [-0.1, -0.05) is 18.5 Å². The Morgan fingerprint density at radius 3 is 2.65 bits per heavy atom. The summed E-state index contributed by atoms with van der Waals surface area (Å²) in [5.74, 6) is -1.85. The first-order valence-electron chi connectivity index (χ1n) is 6.54. The predicted octanol–water partition coefficient (Wildman–Crippen LogP) is 1.64. The lowest BCUT2D eigenvalue weighted by molar-refractivity contribution is -0.384. The molecule has 23 heavy (non-hydrogen) atoms. The van der Waals surface area contributed by atoms with Crippen LogP contribution in [0.25, 0.3) is 0 Å². The van der Waals surface area contributed by atoms with Crippen molar-refractivity contribution in [3.8, 4) is 0 Å². The molecule has 0 saturated carbocycles. The monoisotopic (exact) mass is 343 g/mol. The third kappa shape index (κ3) is 5.91. The van der Waals surface area contributed by atoms with Crippen molar-refractivity contribution in [2.45, 2.75) is 13.3 Å². The Labute approximate surface area is 136 Å². The number of urea groups is 1. The van der Waals surface area contributed by atoms with Gasteiger partial charge in [-0.3, -0.25) is 20.2 Å². The number of carbonyl (C=O) groups excluding carboxylic acids is 3. The Balaban J connectivity index is 2.60. The van der Waals surface area contributed by atoms with Crippen molar-refractivity contribution < 1.29 is 24.0 Å². The molecular formula is C13H14ClN3O6. The first-order chi connectivity index (χ1) is 10.8. The molecule has 1 rings (SSSR count). The molecule has 0 atom stereocenters. The molecule has 10 heteroatoms. The number of non-ortho nitro benzene ring substituents is 1. The van der Waals surface area contributed by atoms with Crippen LogP contribution in [-0.4, -0.2) is 36.0 Å². The number of nitrogens with one attached hydrogen (secondary N) is 2. The fourth-order valence-corrected chi connectivity index (χ4v) is 1.63. The van der Waals surface area contributed by atoms with Crippen LogP contribution >= 0.6 is 11.6 Å². The molecule has 0 bridgehead atoms. The topological polar surface area (TPSA) is 128 Å². The largest absolute Gasteiger partial charge is 0.452 e. The highest BCUT2D eigenvalue weighted by atomic mass is 35.5. The second-order valence-electron chi connectivity index (χ2n) is 4.30. The van der Waals surface area contributed by atoms with Crippen LogP contribution in [0.4, 0.5) is 10.5 Å². The molecular weight excluding hydrogens is 330 g/mol. The number of nitro benzene ring substituents is 1. The number of nitrogens with zero attached hydrogens (tertiary/aromatic N) is 1. The van der Waals surface area contributed by atoms with Gasteiger partial charge in [-0.25, -0.2) is 9.59 Å². The SMILES string of the molecule is CCCNC(=O)NC(=O)COC(=O)c1cc([N+](=O)[O-])ccc1Cl. The first kappa shape index (κ1) is 18.4. The summed E-state index contributed by atoms with van der Waals surface area (Å²) in [7, 11) is 0. The maximum Gasteiger partial charge on any atom is 0.340 e. The minimum Gasteiger partial charge on any atom is -0.452 e. The Morgan fingerprint density at radius 2 is 2.04 bits per heavy atom. The summed E-state index contributed by atoms with van der Waals surface area (Å²) in [4.78, 5) is 44.4. The van der Waals surface area contributed by atoms with Crippen LogP contribution in [0.15, 0.2) is 18.2 Å². The Bertz CT molecular complexity index is 634. The molecule has 3 amide bonds. The van der Waals surface area contributed by atoms with E-state index in [1.807, 2.05) is 12.2 Å². The second-order valence-corrected chi connectivity index (χ2v) is 4.71. The summed E-state index contributed by atoms with van der Waals surface area (Å²) in [6, 6.07) is 2.54. The van der Waals surface area contributed by atoms with Crippen molar-refractivity contribution in [3.05, 3.63) is 38.9 Å². The maximum atomic E-state index is 11.8. The first-order valence-corrected chi connectivity index (χ1v) is 6.91. The van der Waals surface area contributed by atoms with Crippen LogP contribution in [0.3, 0.4) is 0 Å². The zero-order chi connectivity index (χ0) is 17.4. The molecule has 0 radical (unpaired) electrons. The molecule has 0 aliphatic rings. The molecule has 124 valence electrons. The van der Waals surface area contributed by atoms with E-state index in [-0.39, 0.29) is 16.3 Å². The van der Waals surface area contributed by atoms with Crippen molar-refractivity contribution in [3.63, 3.8) is 0 Å². The summed E-state index contributed by atoms with van der Waals surface area (Å²) < 4.78 is 4.67. The van der Waals surface area contributed by atoms with Gasteiger partial charge in [-0.15, -0.1) is 0 Å². The normalized spacial score (nSPS) is 9.83. The lowest BCUT2D eigenvalue weighted by atomic mass is 10.2. The molecule has 0 aromatic heterocycles. The number of hydrogen-bond donors (Lipinski definition) is 2. The van der Waals surface area contributed by atoms with E-state index in [2.05, 4.69) is 10.1 Å². The molecule has 1 aromatic carbocycles. The number of hydrogen-bond acceptors (Lipinski definition) is 6. The van der Waals surface area contributed by atoms with Crippen molar-refractivity contribution in [1.29, 1.82) is 0 Å². The van der Waals surface area contributed by atoms with E-state index in [0.29, 0.717) is 13.0 Å². The quantitative estimate of drug-likeness (QED) is 0.459. The number of rotatable bonds is 6. The highest BCUT2D eigenvalue weighted by molar-refractivity contribution is 6.33. The van der Waals surface area contributed by atoms with E-state index >= 15 is 0 Å². The number of halogens is 1. The number of ether oxygens (including phenoxy) is 1. The molecule has 0 fully saturated rings. The summed E-state index contributed by atoms with van der Waals surface area (Å²) in [6.07, 6.45) is 0.696. The minimum atomic E-state index is -1.01. The Morgan fingerprint density at radius 1 is 1.35 bits per heavy atom. The Kier molecular flexibility index (Phi) is 6.94. The number of amides is 3. The van der Waals surface area contributed by atoms with Gasteiger partial charge >= 0.3 is 12.0 Å². The molecule has 2 N–H and O–H groups in total. The van der Waals surface area contributed by atoms with E-state index in [9.17, 15) is 24.5 Å². The van der Waals surface area contributed by atoms with Gasteiger partial charge in [0.05, 0.1) is 15.5 Å². The lowest BCUT2D eigenvalue weighted by Crippen LogP contribution is -2.41. The average Bonchev–Trinajstić information content (AvgIpc) is 2.50. The Hall–Kier alpha value is -2.68. The van der Waals surface area contributed by atoms with Crippen molar-refractivity contribution in [1.82, 2.24) is 10.6 Å². The lowest BCUT2D eigenvalue weighted by Gasteiger charge is -2.07. The van der Waals surface area contributed by atoms with E-state index in [4.69, 9.17) is 11.6 Å². The zero-order valence-corrected chi connectivity index (χ0v) is 12.9. The van der Waals surface area contributed by atoms with Crippen LogP contribution in [0.5, 0.6) is 0 Å². The minimum absolute atomic E-state index is 0.0540. The van der Waals surface area contributed by atoms with E-state index in [0.717, 1.165) is 12.1 Å². The summed E-state index contributed by atoms with van der Waals surface area (Å²) in [6.45, 7) is 1.51. The van der Waals surface area contributed by atoms with Crippen molar-refractivity contribution in [2.75, 3.05) is 13.2 Å². The number of nitro groups is 1. The number of esters is 1. The van der Waals surface area contributed by atoms with E-state index in [1.165, 1.54) is 6.07 Å². The van der Waals surface area contributed by atoms with Crippen LogP contribution in [0.2, 0.25) is 5.02 Å². The second kappa shape index (κ2) is 8.69. The van der Waals surface area contributed by atoms with Gasteiger partial charge in [0.1, 0.15) is 0 Å². The molecule has 0 aliphatic heterocycles. The third-order valence-corrected chi connectivity index (χ3v) is 2.83. The molecule has 1 aromatic rings. The van der Waals surface area contributed by atoms with Gasteiger partial charge in [-0.2, -0.15) is 0 Å². The van der Waals surface area contributed by atoms with Gasteiger partial charge in [0.15, 0.2) is 6.61 Å². The predicted molar refractivity (Wildman–Crippen MR) is 80.2 cm³/mol. The highest BCUT2D eigenvalue weighted by Gasteiger charge is 2.18. The van der Waals surface area contributed by atoms with Gasteiger partial charge in [0.2, 0.25) is 0 Å². The molecule has 0 unspecified atom stereocenters. The smallest absolute Gasteiger partial charge is 0.340 e. The van der Waals surface area contributed by atoms with Gasteiger partial charge in [0.25, 0.3) is 11.6 Å². The fraction of sp³-hybridized carbons (Fsp3) is 0.308. The van der Waals surface area contributed by atoms with Crippen molar-refractivity contribution in [2.24, 2.45) is 0 Å². The van der Waals surface area contributed by atoms with Gasteiger partial charge < -0.3 is 10.1 Å². The third-order valence-electron chi connectivity index (χ3n) is 2.50. The molecule has 0 heterocycles. The number of imide groups is 1. The summed E-state index contributed by atoms with van der Waals surface area (Å²) >= 11 is 5.76. The van der Waals surface area contributed by atoms with Crippen LogP contribution in [0.1, 0.15) is 23.7 Å². The van der Waals surface area contributed by atoms with Crippen molar-refractivity contribution >= 4 is 35.2 Å². The highest BCUT2D eigenvalue weighted by Crippen LogP contribution is 2.22.